The molecule has 5 heteroatoms. The molecule has 2 rings (SSSR count). The molecule has 1 heterocycles. The Kier molecular flexibility index (Phi) is 5.00. The summed E-state index contributed by atoms with van der Waals surface area (Å²) in [6.07, 6.45) is 1.82. The molecular formula is C15H17BrClN3. The number of hydrogen-bond acceptors (Lipinski definition) is 3. The third-order valence-corrected chi connectivity index (χ3v) is 3.62. The zero-order valence-electron chi connectivity index (χ0n) is 11.8. The van der Waals surface area contributed by atoms with E-state index >= 15 is 0 Å². The van der Waals surface area contributed by atoms with Crippen LogP contribution in [0.2, 0.25) is 5.15 Å². The van der Waals surface area contributed by atoms with Crippen molar-refractivity contribution in [1.82, 2.24) is 9.97 Å². The van der Waals surface area contributed by atoms with E-state index in [2.05, 4.69) is 64.1 Å². The second-order valence-electron chi connectivity index (χ2n) is 4.78. The number of halogens is 2. The summed E-state index contributed by atoms with van der Waals surface area (Å²) in [7, 11) is 0. The zero-order valence-corrected chi connectivity index (χ0v) is 14.1. The molecule has 106 valence electrons. The molecule has 0 radical (unpaired) electrons. The fourth-order valence-electron chi connectivity index (χ4n) is 2.10. The summed E-state index contributed by atoms with van der Waals surface area (Å²) >= 11 is 9.56. The van der Waals surface area contributed by atoms with Crippen LogP contribution < -0.4 is 5.32 Å². The van der Waals surface area contributed by atoms with Crippen LogP contribution >= 0.6 is 27.5 Å². The highest BCUT2D eigenvalue weighted by Crippen LogP contribution is 2.28. The van der Waals surface area contributed by atoms with Gasteiger partial charge in [-0.15, -0.1) is 0 Å². The first-order valence-corrected chi connectivity index (χ1v) is 7.74. The van der Waals surface area contributed by atoms with Gasteiger partial charge in [0.2, 0.25) is 0 Å². The Balaban J connectivity index is 2.35. The summed E-state index contributed by atoms with van der Waals surface area (Å²) in [6, 6.07) is 5.90. The molecule has 0 aliphatic heterocycles. The van der Waals surface area contributed by atoms with Crippen LogP contribution in [0.4, 0.5) is 11.5 Å². The van der Waals surface area contributed by atoms with Gasteiger partial charge < -0.3 is 5.32 Å². The van der Waals surface area contributed by atoms with Crippen molar-refractivity contribution < 1.29 is 0 Å². The van der Waals surface area contributed by atoms with Crippen molar-refractivity contribution in [3.8, 4) is 0 Å². The molecule has 1 N–H and O–H groups in total. The van der Waals surface area contributed by atoms with Crippen molar-refractivity contribution >= 4 is 39.0 Å². The average Bonchev–Trinajstić information content (AvgIpc) is 2.33. The van der Waals surface area contributed by atoms with Crippen LogP contribution in [0.5, 0.6) is 0 Å². The van der Waals surface area contributed by atoms with Gasteiger partial charge in [0.25, 0.3) is 0 Å². The first-order chi connectivity index (χ1) is 9.49. The van der Waals surface area contributed by atoms with E-state index in [1.54, 1.807) is 6.07 Å². The molecule has 0 aliphatic rings. The van der Waals surface area contributed by atoms with E-state index in [0.717, 1.165) is 45.8 Å². The molecule has 20 heavy (non-hydrogen) atoms. The van der Waals surface area contributed by atoms with Gasteiger partial charge in [0.1, 0.15) is 16.8 Å². The third kappa shape index (κ3) is 3.70. The molecule has 0 atom stereocenters. The molecule has 0 amide bonds. The smallest absolute Gasteiger partial charge is 0.135 e. The fraction of sp³-hybridized carbons (Fsp3) is 0.333. The molecule has 0 aliphatic carbocycles. The Morgan fingerprint density at radius 1 is 1.15 bits per heavy atom. The standard InChI is InChI=1S/C15H17BrClN3/c1-4-5-13-18-12(17)8-14(19-13)20-15-9(2)6-11(16)7-10(15)3/h6-8H,4-5H2,1-3H3,(H,18,19,20). The molecule has 0 unspecified atom stereocenters. The number of nitrogens with one attached hydrogen (secondary N) is 1. The Morgan fingerprint density at radius 3 is 2.40 bits per heavy atom. The molecule has 1 aromatic heterocycles. The van der Waals surface area contributed by atoms with Gasteiger partial charge in [0, 0.05) is 22.6 Å². The molecular weight excluding hydrogens is 338 g/mol. The van der Waals surface area contributed by atoms with Crippen molar-refractivity contribution in [2.24, 2.45) is 0 Å². The molecule has 0 bridgehead atoms. The second kappa shape index (κ2) is 6.55. The van der Waals surface area contributed by atoms with Crippen LogP contribution in [0.25, 0.3) is 0 Å². The van der Waals surface area contributed by atoms with E-state index in [9.17, 15) is 0 Å². The molecule has 0 fully saturated rings. The Morgan fingerprint density at radius 2 is 1.80 bits per heavy atom. The zero-order chi connectivity index (χ0) is 14.7. The number of aryl methyl sites for hydroxylation is 3. The van der Waals surface area contributed by atoms with Crippen LogP contribution in [0.1, 0.15) is 30.3 Å². The third-order valence-electron chi connectivity index (χ3n) is 2.97. The lowest BCUT2D eigenvalue weighted by Crippen LogP contribution is -2.02. The SMILES string of the molecule is CCCc1nc(Cl)cc(Nc2c(C)cc(Br)cc2C)n1. The minimum absolute atomic E-state index is 0.471. The van der Waals surface area contributed by atoms with E-state index in [1.165, 1.54) is 0 Å². The summed E-state index contributed by atoms with van der Waals surface area (Å²) in [4.78, 5) is 8.74. The van der Waals surface area contributed by atoms with Gasteiger partial charge in [0.15, 0.2) is 0 Å². The summed E-state index contributed by atoms with van der Waals surface area (Å²) < 4.78 is 1.07. The summed E-state index contributed by atoms with van der Waals surface area (Å²) in [6.45, 7) is 6.23. The number of anilines is 2. The fourth-order valence-corrected chi connectivity index (χ4v) is 2.99. The highest BCUT2D eigenvalue weighted by Gasteiger charge is 2.08. The van der Waals surface area contributed by atoms with Crippen LogP contribution in [-0.4, -0.2) is 9.97 Å². The highest BCUT2D eigenvalue weighted by molar-refractivity contribution is 9.10. The maximum absolute atomic E-state index is 6.06. The predicted octanol–water partition coefficient (Wildman–Crippen LogP) is 5.21. The van der Waals surface area contributed by atoms with Gasteiger partial charge in [-0.25, -0.2) is 9.97 Å². The minimum atomic E-state index is 0.471. The van der Waals surface area contributed by atoms with Crippen LogP contribution in [-0.2, 0) is 6.42 Å². The van der Waals surface area contributed by atoms with Crippen molar-refractivity contribution in [2.75, 3.05) is 5.32 Å². The van der Waals surface area contributed by atoms with Gasteiger partial charge in [-0.05, 0) is 43.5 Å². The molecule has 0 saturated heterocycles. The van der Waals surface area contributed by atoms with Crippen molar-refractivity contribution in [3.05, 3.63) is 44.8 Å². The minimum Gasteiger partial charge on any atom is -0.340 e. The van der Waals surface area contributed by atoms with Crippen molar-refractivity contribution in [2.45, 2.75) is 33.6 Å². The molecule has 0 spiro atoms. The lowest BCUT2D eigenvalue weighted by molar-refractivity contribution is 0.836. The Bertz CT molecular complexity index is 606. The topological polar surface area (TPSA) is 37.8 Å². The van der Waals surface area contributed by atoms with E-state index in [1.807, 2.05) is 0 Å². The van der Waals surface area contributed by atoms with Crippen LogP contribution in [0, 0.1) is 13.8 Å². The first-order valence-electron chi connectivity index (χ1n) is 6.57. The number of benzene rings is 1. The quantitative estimate of drug-likeness (QED) is 0.766. The lowest BCUT2D eigenvalue weighted by atomic mass is 10.1. The maximum Gasteiger partial charge on any atom is 0.135 e. The predicted molar refractivity (Wildman–Crippen MR) is 87.9 cm³/mol. The number of nitrogens with zero attached hydrogens (tertiary/aromatic N) is 2. The summed E-state index contributed by atoms with van der Waals surface area (Å²) in [5.74, 6) is 1.51. The Hall–Kier alpha value is -1.13. The number of aromatic nitrogens is 2. The van der Waals surface area contributed by atoms with Gasteiger partial charge in [-0.3, -0.25) is 0 Å². The van der Waals surface area contributed by atoms with Gasteiger partial charge >= 0.3 is 0 Å². The van der Waals surface area contributed by atoms with Crippen LogP contribution in [0.3, 0.4) is 0 Å². The summed E-state index contributed by atoms with van der Waals surface area (Å²) in [5.41, 5.74) is 3.37. The van der Waals surface area contributed by atoms with Crippen molar-refractivity contribution in [3.63, 3.8) is 0 Å². The Labute approximate surface area is 132 Å². The molecule has 3 nitrogen and oxygen atoms in total. The van der Waals surface area contributed by atoms with E-state index in [0.29, 0.717) is 5.15 Å². The maximum atomic E-state index is 6.06. The van der Waals surface area contributed by atoms with E-state index < -0.39 is 0 Å². The van der Waals surface area contributed by atoms with E-state index in [-0.39, 0.29) is 0 Å². The highest BCUT2D eigenvalue weighted by atomic mass is 79.9. The average molecular weight is 355 g/mol. The van der Waals surface area contributed by atoms with E-state index in [4.69, 9.17) is 11.6 Å². The monoisotopic (exact) mass is 353 g/mol. The summed E-state index contributed by atoms with van der Waals surface area (Å²) in [5, 5.41) is 3.82. The van der Waals surface area contributed by atoms with Crippen molar-refractivity contribution in [1.29, 1.82) is 0 Å². The van der Waals surface area contributed by atoms with Gasteiger partial charge in [-0.2, -0.15) is 0 Å². The first kappa shape index (κ1) is 15.3. The number of rotatable bonds is 4. The largest absolute Gasteiger partial charge is 0.340 e. The normalized spacial score (nSPS) is 10.7. The second-order valence-corrected chi connectivity index (χ2v) is 6.08. The molecule has 0 saturated carbocycles. The lowest BCUT2D eigenvalue weighted by Gasteiger charge is -2.13. The van der Waals surface area contributed by atoms with Gasteiger partial charge in [0.05, 0.1) is 0 Å². The number of hydrogen-bond donors (Lipinski definition) is 1. The van der Waals surface area contributed by atoms with Crippen LogP contribution in [0.15, 0.2) is 22.7 Å². The van der Waals surface area contributed by atoms with Gasteiger partial charge in [-0.1, -0.05) is 34.5 Å². The molecule has 1 aromatic carbocycles. The molecule has 2 aromatic rings.